The average Bonchev–Trinajstić information content (AvgIpc) is 2.57. The zero-order valence-corrected chi connectivity index (χ0v) is 14.3. The number of hydrogen-bond acceptors (Lipinski definition) is 3. The Balaban J connectivity index is 1.69. The molecule has 1 atom stereocenters. The Morgan fingerprint density at radius 3 is 2.67 bits per heavy atom. The van der Waals surface area contributed by atoms with Gasteiger partial charge >= 0.3 is 0 Å². The SMILES string of the molecule is Cc1ccc(Oc2ccc(F)cc2OCC2CCCN(C)C2)cc1. The third-order valence-electron chi connectivity index (χ3n) is 4.35. The molecular formula is C20H24FNO2. The Hall–Kier alpha value is -2.07. The van der Waals surface area contributed by atoms with Crippen molar-refractivity contribution in [1.29, 1.82) is 0 Å². The van der Waals surface area contributed by atoms with Gasteiger partial charge < -0.3 is 14.4 Å². The Labute approximate surface area is 143 Å². The van der Waals surface area contributed by atoms with E-state index in [4.69, 9.17) is 9.47 Å². The minimum absolute atomic E-state index is 0.318. The van der Waals surface area contributed by atoms with Gasteiger partial charge in [-0.15, -0.1) is 0 Å². The molecule has 1 unspecified atom stereocenters. The van der Waals surface area contributed by atoms with E-state index in [0.717, 1.165) is 25.3 Å². The Kier molecular flexibility index (Phi) is 5.36. The van der Waals surface area contributed by atoms with Gasteiger partial charge in [0.1, 0.15) is 11.6 Å². The molecule has 2 aromatic carbocycles. The first-order valence-corrected chi connectivity index (χ1v) is 8.45. The van der Waals surface area contributed by atoms with E-state index in [1.807, 2.05) is 31.2 Å². The second-order valence-corrected chi connectivity index (χ2v) is 6.59. The predicted octanol–water partition coefficient (Wildman–Crippen LogP) is 4.65. The molecule has 1 aliphatic rings. The molecule has 0 spiro atoms. The molecule has 0 aromatic heterocycles. The number of halogens is 1. The Morgan fingerprint density at radius 1 is 1.12 bits per heavy atom. The summed E-state index contributed by atoms with van der Waals surface area (Å²) in [5.74, 6) is 1.88. The van der Waals surface area contributed by atoms with Crippen LogP contribution in [-0.4, -0.2) is 31.6 Å². The fourth-order valence-electron chi connectivity index (χ4n) is 3.03. The number of rotatable bonds is 5. The van der Waals surface area contributed by atoms with Crippen LogP contribution in [0.15, 0.2) is 42.5 Å². The second-order valence-electron chi connectivity index (χ2n) is 6.59. The van der Waals surface area contributed by atoms with E-state index in [0.29, 0.717) is 24.0 Å². The maximum Gasteiger partial charge on any atom is 0.169 e. The van der Waals surface area contributed by atoms with Crippen LogP contribution in [0.1, 0.15) is 18.4 Å². The second kappa shape index (κ2) is 7.67. The lowest BCUT2D eigenvalue weighted by atomic mass is 10.00. The maximum atomic E-state index is 13.6. The molecule has 3 rings (SSSR count). The topological polar surface area (TPSA) is 21.7 Å². The van der Waals surface area contributed by atoms with E-state index in [2.05, 4.69) is 11.9 Å². The first-order valence-electron chi connectivity index (χ1n) is 8.45. The molecule has 0 amide bonds. The van der Waals surface area contributed by atoms with E-state index < -0.39 is 0 Å². The molecule has 3 nitrogen and oxygen atoms in total. The fraction of sp³-hybridized carbons (Fsp3) is 0.400. The van der Waals surface area contributed by atoms with Crippen LogP contribution in [-0.2, 0) is 0 Å². The zero-order valence-electron chi connectivity index (χ0n) is 14.3. The summed E-state index contributed by atoms with van der Waals surface area (Å²) in [6.45, 7) is 4.76. The van der Waals surface area contributed by atoms with Crippen molar-refractivity contribution in [2.24, 2.45) is 5.92 Å². The standard InChI is InChI=1S/C20H24FNO2/c1-15-5-8-18(9-6-15)24-19-10-7-17(21)12-20(19)23-14-16-4-3-11-22(2)13-16/h5-10,12,16H,3-4,11,13-14H2,1-2H3. The molecular weight excluding hydrogens is 305 g/mol. The molecule has 1 aliphatic heterocycles. The van der Waals surface area contributed by atoms with Gasteiger partial charge in [-0.05, 0) is 57.6 Å². The highest BCUT2D eigenvalue weighted by Crippen LogP contribution is 2.33. The summed E-state index contributed by atoms with van der Waals surface area (Å²) in [6.07, 6.45) is 2.33. The molecule has 1 saturated heterocycles. The van der Waals surface area contributed by atoms with E-state index >= 15 is 0 Å². The molecule has 0 aliphatic carbocycles. The molecule has 4 heteroatoms. The summed E-state index contributed by atoms with van der Waals surface area (Å²) in [5, 5.41) is 0. The minimum Gasteiger partial charge on any atom is -0.489 e. The molecule has 1 heterocycles. The van der Waals surface area contributed by atoms with Gasteiger partial charge in [0.2, 0.25) is 0 Å². The van der Waals surface area contributed by atoms with Crippen molar-refractivity contribution in [3.05, 3.63) is 53.8 Å². The van der Waals surface area contributed by atoms with Gasteiger partial charge in [-0.25, -0.2) is 4.39 Å². The first kappa shape index (κ1) is 16.8. The fourth-order valence-corrected chi connectivity index (χ4v) is 3.03. The molecule has 0 saturated carbocycles. The smallest absolute Gasteiger partial charge is 0.169 e. The molecule has 0 bridgehead atoms. The number of benzene rings is 2. The number of ether oxygens (including phenoxy) is 2. The van der Waals surface area contributed by atoms with Gasteiger partial charge in [-0.3, -0.25) is 0 Å². The van der Waals surface area contributed by atoms with Gasteiger partial charge in [0.05, 0.1) is 6.61 Å². The number of likely N-dealkylation sites (tertiary alicyclic amines) is 1. The van der Waals surface area contributed by atoms with E-state index in [1.54, 1.807) is 6.07 Å². The highest BCUT2D eigenvalue weighted by Gasteiger charge is 2.19. The Bertz CT molecular complexity index is 672. The van der Waals surface area contributed by atoms with E-state index in [9.17, 15) is 4.39 Å². The van der Waals surface area contributed by atoms with Crippen molar-refractivity contribution in [1.82, 2.24) is 4.90 Å². The summed E-state index contributed by atoms with van der Waals surface area (Å²) in [5.41, 5.74) is 1.17. The zero-order chi connectivity index (χ0) is 16.9. The lowest BCUT2D eigenvalue weighted by molar-refractivity contribution is 0.148. The van der Waals surface area contributed by atoms with Gasteiger partial charge in [-0.1, -0.05) is 17.7 Å². The van der Waals surface area contributed by atoms with Crippen molar-refractivity contribution in [2.45, 2.75) is 19.8 Å². The quantitative estimate of drug-likeness (QED) is 0.797. The molecule has 1 fully saturated rings. The van der Waals surface area contributed by atoms with Gasteiger partial charge in [0, 0.05) is 18.5 Å². The van der Waals surface area contributed by atoms with Gasteiger partial charge in [0.25, 0.3) is 0 Å². The van der Waals surface area contributed by atoms with Crippen LogP contribution < -0.4 is 9.47 Å². The van der Waals surface area contributed by atoms with Crippen LogP contribution >= 0.6 is 0 Å². The minimum atomic E-state index is -0.318. The monoisotopic (exact) mass is 329 g/mol. The average molecular weight is 329 g/mol. The van der Waals surface area contributed by atoms with Crippen molar-refractivity contribution in [3.63, 3.8) is 0 Å². The van der Waals surface area contributed by atoms with Crippen LogP contribution in [0.4, 0.5) is 4.39 Å². The number of piperidine rings is 1. The maximum absolute atomic E-state index is 13.6. The van der Waals surface area contributed by atoms with Crippen LogP contribution in [0.3, 0.4) is 0 Å². The van der Waals surface area contributed by atoms with Crippen molar-refractivity contribution < 1.29 is 13.9 Å². The number of nitrogens with zero attached hydrogens (tertiary/aromatic N) is 1. The summed E-state index contributed by atoms with van der Waals surface area (Å²) in [6, 6.07) is 12.2. The lowest BCUT2D eigenvalue weighted by Gasteiger charge is -2.29. The third kappa shape index (κ3) is 4.48. The first-order chi connectivity index (χ1) is 11.6. The summed E-state index contributed by atoms with van der Waals surface area (Å²) in [7, 11) is 2.13. The summed E-state index contributed by atoms with van der Waals surface area (Å²) < 4.78 is 25.4. The molecule has 128 valence electrons. The Morgan fingerprint density at radius 2 is 1.92 bits per heavy atom. The normalized spacial score (nSPS) is 18.4. The molecule has 24 heavy (non-hydrogen) atoms. The van der Waals surface area contributed by atoms with Crippen LogP contribution in [0, 0.1) is 18.7 Å². The van der Waals surface area contributed by atoms with E-state index in [1.165, 1.54) is 24.1 Å². The number of aryl methyl sites for hydroxylation is 1. The molecule has 0 radical (unpaired) electrons. The van der Waals surface area contributed by atoms with Crippen molar-refractivity contribution in [2.75, 3.05) is 26.7 Å². The molecule has 2 aromatic rings. The highest BCUT2D eigenvalue weighted by atomic mass is 19.1. The van der Waals surface area contributed by atoms with E-state index in [-0.39, 0.29) is 5.82 Å². The lowest BCUT2D eigenvalue weighted by Crippen LogP contribution is -2.34. The summed E-state index contributed by atoms with van der Waals surface area (Å²) in [4.78, 5) is 2.31. The third-order valence-corrected chi connectivity index (χ3v) is 4.35. The van der Waals surface area contributed by atoms with Crippen LogP contribution in [0.2, 0.25) is 0 Å². The van der Waals surface area contributed by atoms with Crippen LogP contribution in [0.25, 0.3) is 0 Å². The van der Waals surface area contributed by atoms with Crippen LogP contribution in [0.5, 0.6) is 17.2 Å². The largest absolute Gasteiger partial charge is 0.489 e. The highest BCUT2D eigenvalue weighted by molar-refractivity contribution is 5.43. The van der Waals surface area contributed by atoms with Crippen molar-refractivity contribution >= 4 is 0 Å². The van der Waals surface area contributed by atoms with Crippen molar-refractivity contribution in [3.8, 4) is 17.2 Å². The van der Waals surface area contributed by atoms with Gasteiger partial charge in [-0.2, -0.15) is 0 Å². The molecule has 0 N–H and O–H groups in total. The predicted molar refractivity (Wildman–Crippen MR) is 93.4 cm³/mol. The van der Waals surface area contributed by atoms with Gasteiger partial charge in [0.15, 0.2) is 11.5 Å². The number of hydrogen-bond donors (Lipinski definition) is 0. The summed E-state index contributed by atoms with van der Waals surface area (Å²) >= 11 is 0.